The molecule has 0 amide bonds. The zero-order valence-electron chi connectivity index (χ0n) is 8.65. The minimum Gasteiger partial charge on any atom is -0.272 e. The molecule has 0 aliphatic heterocycles. The quantitative estimate of drug-likeness (QED) is 0.656. The van der Waals surface area contributed by atoms with E-state index in [4.69, 9.17) is 0 Å². The van der Waals surface area contributed by atoms with Crippen LogP contribution in [0.25, 0.3) is 11.0 Å². The first-order valence-corrected chi connectivity index (χ1v) is 5.07. The molecule has 2 aromatic rings. The highest BCUT2D eigenvalue weighted by atomic mass is 32.1. The van der Waals surface area contributed by atoms with Crippen LogP contribution in [0, 0.1) is 0 Å². The van der Waals surface area contributed by atoms with Gasteiger partial charge in [0, 0.05) is 5.41 Å². The molecule has 0 saturated carbocycles. The van der Waals surface area contributed by atoms with Crippen molar-refractivity contribution in [1.82, 2.24) is 8.96 Å². The second-order valence-corrected chi connectivity index (χ2v) is 4.89. The number of fused-ring (bicyclic) bond motifs is 1. The molecule has 0 aliphatic carbocycles. The number of hydrogen-bond donors (Lipinski definition) is 1. The predicted molar refractivity (Wildman–Crippen MR) is 62.8 cm³/mol. The summed E-state index contributed by atoms with van der Waals surface area (Å²) < 4.78 is 1.87. The van der Waals surface area contributed by atoms with Gasteiger partial charge < -0.3 is 0 Å². The number of para-hydroxylation sites is 2. The second kappa shape index (κ2) is 3.02. The van der Waals surface area contributed by atoms with Gasteiger partial charge in [0.25, 0.3) is 0 Å². The van der Waals surface area contributed by atoms with Crippen LogP contribution in [0.1, 0.15) is 26.6 Å². The fourth-order valence-corrected chi connectivity index (χ4v) is 2.01. The minimum atomic E-state index is 0.0285. The Morgan fingerprint density at radius 1 is 1.21 bits per heavy atom. The lowest BCUT2D eigenvalue weighted by molar-refractivity contribution is 0.549. The molecule has 14 heavy (non-hydrogen) atoms. The first kappa shape index (κ1) is 9.59. The fourth-order valence-electron chi connectivity index (χ4n) is 1.50. The van der Waals surface area contributed by atoms with Crippen LogP contribution in [0.2, 0.25) is 0 Å². The highest BCUT2D eigenvalue weighted by molar-refractivity contribution is 7.78. The van der Waals surface area contributed by atoms with Crippen LogP contribution in [0.4, 0.5) is 0 Å². The lowest BCUT2D eigenvalue weighted by atomic mass is 9.96. The number of thiol groups is 1. The maximum atomic E-state index is 4.57. The summed E-state index contributed by atoms with van der Waals surface area (Å²) in [6.45, 7) is 6.42. The third kappa shape index (κ3) is 1.42. The molecule has 0 fully saturated rings. The van der Waals surface area contributed by atoms with Gasteiger partial charge in [-0.05, 0) is 12.1 Å². The van der Waals surface area contributed by atoms with Crippen LogP contribution in [0.5, 0.6) is 0 Å². The Morgan fingerprint density at radius 2 is 1.86 bits per heavy atom. The summed E-state index contributed by atoms with van der Waals surface area (Å²) in [4.78, 5) is 4.57. The van der Waals surface area contributed by atoms with E-state index in [0.29, 0.717) is 0 Å². The van der Waals surface area contributed by atoms with Gasteiger partial charge in [0.1, 0.15) is 5.82 Å². The van der Waals surface area contributed by atoms with Gasteiger partial charge in [-0.25, -0.2) is 4.98 Å². The van der Waals surface area contributed by atoms with Crippen molar-refractivity contribution in [2.75, 3.05) is 0 Å². The average molecular weight is 206 g/mol. The Morgan fingerprint density at radius 3 is 2.43 bits per heavy atom. The molecule has 0 aliphatic rings. The third-order valence-corrected chi connectivity index (χ3v) is 2.61. The van der Waals surface area contributed by atoms with Crippen LogP contribution in [-0.2, 0) is 5.41 Å². The molecule has 1 aromatic carbocycles. The highest BCUT2D eigenvalue weighted by Gasteiger charge is 2.21. The fraction of sp³-hybridized carbons (Fsp3) is 0.364. The van der Waals surface area contributed by atoms with Gasteiger partial charge in [-0.1, -0.05) is 45.7 Å². The van der Waals surface area contributed by atoms with Crippen molar-refractivity contribution in [1.29, 1.82) is 0 Å². The number of rotatable bonds is 0. The summed E-state index contributed by atoms with van der Waals surface area (Å²) >= 11 is 4.46. The maximum absolute atomic E-state index is 4.57. The molecule has 0 unspecified atom stereocenters. The molecule has 3 heteroatoms. The van der Waals surface area contributed by atoms with Gasteiger partial charge in [0.05, 0.1) is 11.0 Å². The lowest BCUT2D eigenvalue weighted by Crippen LogP contribution is -2.15. The van der Waals surface area contributed by atoms with E-state index in [1.165, 1.54) is 0 Å². The van der Waals surface area contributed by atoms with Crippen LogP contribution >= 0.6 is 12.8 Å². The minimum absolute atomic E-state index is 0.0285. The molecule has 1 aromatic heterocycles. The number of hydrogen-bond acceptors (Lipinski definition) is 2. The third-order valence-electron chi connectivity index (χ3n) is 2.21. The van der Waals surface area contributed by atoms with Crippen LogP contribution in [0.15, 0.2) is 24.3 Å². The highest BCUT2D eigenvalue weighted by Crippen LogP contribution is 2.26. The molecule has 1 heterocycles. The first-order valence-electron chi connectivity index (χ1n) is 4.67. The molecular weight excluding hydrogens is 192 g/mol. The van der Waals surface area contributed by atoms with Crippen LogP contribution in [0.3, 0.4) is 0 Å². The van der Waals surface area contributed by atoms with Gasteiger partial charge >= 0.3 is 0 Å². The van der Waals surface area contributed by atoms with Gasteiger partial charge in [0.15, 0.2) is 0 Å². The van der Waals surface area contributed by atoms with E-state index in [1.807, 2.05) is 28.2 Å². The topological polar surface area (TPSA) is 17.8 Å². The van der Waals surface area contributed by atoms with E-state index >= 15 is 0 Å². The van der Waals surface area contributed by atoms with Gasteiger partial charge in [-0.2, -0.15) is 0 Å². The van der Waals surface area contributed by atoms with Crippen molar-refractivity contribution in [2.24, 2.45) is 0 Å². The number of benzene rings is 1. The number of imidazole rings is 1. The molecule has 2 nitrogen and oxygen atoms in total. The summed E-state index contributed by atoms with van der Waals surface area (Å²) in [5.74, 6) is 1.00. The number of aromatic nitrogens is 2. The lowest BCUT2D eigenvalue weighted by Gasteiger charge is -2.16. The van der Waals surface area contributed by atoms with E-state index in [-0.39, 0.29) is 5.41 Å². The van der Waals surface area contributed by atoms with Crippen molar-refractivity contribution >= 4 is 23.8 Å². The summed E-state index contributed by atoms with van der Waals surface area (Å²) in [7, 11) is 0. The summed E-state index contributed by atoms with van der Waals surface area (Å²) in [5.41, 5.74) is 2.11. The van der Waals surface area contributed by atoms with Crippen molar-refractivity contribution in [3.05, 3.63) is 30.1 Å². The maximum Gasteiger partial charge on any atom is 0.125 e. The van der Waals surface area contributed by atoms with Gasteiger partial charge in [-0.15, -0.1) is 0 Å². The Bertz CT molecular complexity index is 466. The zero-order chi connectivity index (χ0) is 10.3. The molecule has 0 spiro atoms. The van der Waals surface area contributed by atoms with Crippen molar-refractivity contribution in [2.45, 2.75) is 26.2 Å². The van der Waals surface area contributed by atoms with Crippen molar-refractivity contribution < 1.29 is 0 Å². The van der Waals surface area contributed by atoms with E-state index in [9.17, 15) is 0 Å². The largest absolute Gasteiger partial charge is 0.272 e. The van der Waals surface area contributed by atoms with E-state index < -0.39 is 0 Å². The second-order valence-electron chi connectivity index (χ2n) is 4.49. The Hall–Kier alpha value is -0.960. The Kier molecular flexibility index (Phi) is 2.07. The molecule has 0 radical (unpaired) electrons. The van der Waals surface area contributed by atoms with E-state index in [0.717, 1.165) is 16.9 Å². The molecule has 0 bridgehead atoms. The normalized spacial score (nSPS) is 12.3. The molecular formula is C11H14N2S. The molecule has 0 N–H and O–H groups in total. The van der Waals surface area contributed by atoms with E-state index in [2.05, 4.69) is 38.6 Å². The Balaban J connectivity index is 2.75. The van der Waals surface area contributed by atoms with Crippen molar-refractivity contribution in [3.63, 3.8) is 0 Å². The average Bonchev–Trinajstić information content (AvgIpc) is 2.44. The standard InChI is InChI=1S/C11H14N2S/c1-11(2,3)10-12-8-6-4-5-7-9(8)13(10)14/h4-7,14H,1-3H3. The van der Waals surface area contributed by atoms with Crippen LogP contribution in [-0.4, -0.2) is 8.96 Å². The smallest absolute Gasteiger partial charge is 0.125 e. The monoisotopic (exact) mass is 206 g/mol. The summed E-state index contributed by atoms with van der Waals surface area (Å²) in [6, 6.07) is 8.04. The van der Waals surface area contributed by atoms with Gasteiger partial charge in [0.2, 0.25) is 0 Å². The molecule has 2 rings (SSSR count). The summed E-state index contributed by atoms with van der Waals surface area (Å²) in [5, 5.41) is 0. The van der Waals surface area contributed by atoms with Crippen molar-refractivity contribution in [3.8, 4) is 0 Å². The zero-order valence-corrected chi connectivity index (χ0v) is 9.55. The van der Waals surface area contributed by atoms with E-state index in [1.54, 1.807) is 0 Å². The first-order chi connectivity index (χ1) is 6.50. The SMILES string of the molecule is CC(C)(C)c1nc2ccccc2n1S. The molecule has 74 valence electrons. The molecule has 0 atom stereocenters. The van der Waals surface area contributed by atoms with Crippen LogP contribution < -0.4 is 0 Å². The number of nitrogens with zero attached hydrogens (tertiary/aromatic N) is 2. The molecule has 0 saturated heterocycles. The van der Waals surface area contributed by atoms with Gasteiger partial charge in [-0.3, -0.25) is 3.97 Å². The summed E-state index contributed by atoms with van der Waals surface area (Å²) in [6.07, 6.45) is 0. The Labute approximate surface area is 89.5 Å². The predicted octanol–water partition coefficient (Wildman–Crippen LogP) is 3.03.